The molecule has 140 valence electrons. The summed E-state index contributed by atoms with van der Waals surface area (Å²) < 4.78 is 6.09. The van der Waals surface area contributed by atoms with Crippen molar-refractivity contribution >= 4 is 33.5 Å². The quantitative estimate of drug-likeness (QED) is 0.503. The molecule has 4 nitrogen and oxygen atoms in total. The maximum absolute atomic E-state index is 13.5. The van der Waals surface area contributed by atoms with Crippen molar-refractivity contribution in [2.24, 2.45) is 0 Å². The van der Waals surface area contributed by atoms with Crippen LogP contribution in [0.1, 0.15) is 25.3 Å². The van der Waals surface area contributed by atoms with Crippen molar-refractivity contribution in [3.05, 3.63) is 76.5 Å². The summed E-state index contributed by atoms with van der Waals surface area (Å²) >= 11 is 0. The van der Waals surface area contributed by atoms with Gasteiger partial charge in [0, 0.05) is 6.42 Å². The second-order valence-electron chi connectivity index (χ2n) is 6.91. The minimum atomic E-state index is -0.167. The molecule has 1 amide bonds. The number of para-hydroxylation sites is 1. The maximum atomic E-state index is 13.5. The fraction of sp³-hybridized carbons (Fsp3) is 0.167. The van der Waals surface area contributed by atoms with Crippen LogP contribution in [0, 0.1) is 6.92 Å². The van der Waals surface area contributed by atoms with Crippen LogP contribution in [-0.2, 0) is 4.79 Å². The van der Waals surface area contributed by atoms with Crippen molar-refractivity contribution in [3.63, 3.8) is 0 Å². The lowest BCUT2D eigenvalue weighted by Crippen LogP contribution is -2.16. The van der Waals surface area contributed by atoms with Gasteiger partial charge < -0.3 is 4.42 Å². The number of anilines is 1. The molecule has 1 aromatic heterocycles. The van der Waals surface area contributed by atoms with Crippen LogP contribution < -0.4 is 10.7 Å². The van der Waals surface area contributed by atoms with Crippen molar-refractivity contribution in [1.82, 2.24) is 0 Å². The molecule has 0 aliphatic carbocycles. The van der Waals surface area contributed by atoms with Gasteiger partial charge in [0.15, 0.2) is 0 Å². The highest BCUT2D eigenvalue weighted by atomic mass is 16.4. The Labute approximate surface area is 162 Å². The average Bonchev–Trinajstić information content (AvgIpc) is 2.69. The number of carbonyl (C=O) groups excluding carboxylic acids is 1. The summed E-state index contributed by atoms with van der Waals surface area (Å²) in [4.78, 5) is 25.8. The zero-order chi connectivity index (χ0) is 19.7. The number of fused-ring (bicyclic) bond motifs is 2. The van der Waals surface area contributed by atoms with Gasteiger partial charge in [-0.25, -0.2) is 0 Å². The van der Waals surface area contributed by atoms with Gasteiger partial charge >= 0.3 is 0 Å². The van der Waals surface area contributed by atoms with E-state index in [1.165, 1.54) is 0 Å². The van der Waals surface area contributed by atoms with E-state index >= 15 is 0 Å². The molecule has 0 saturated carbocycles. The van der Waals surface area contributed by atoms with Crippen LogP contribution in [0.2, 0.25) is 0 Å². The summed E-state index contributed by atoms with van der Waals surface area (Å²) in [6, 6.07) is 19.2. The maximum Gasteiger partial charge on any atom is 0.226 e. The van der Waals surface area contributed by atoms with E-state index in [9.17, 15) is 9.59 Å². The van der Waals surface area contributed by atoms with Crippen LogP contribution in [0.25, 0.3) is 32.9 Å². The molecule has 0 aliphatic rings. The van der Waals surface area contributed by atoms with E-state index in [1.807, 2.05) is 68.4 Å². The summed E-state index contributed by atoms with van der Waals surface area (Å²) in [6.07, 6.45) is 1.08. The third kappa shape index (κ3) is 3.07. The van der Waals surface area contributed by atoms with E-state index < -0.39 is 0 Å². The molecular weight excluding hydrogens is 350 g/mol. The molecule has 0 aliphatic heterocycles. The van der Waals surface area contributed by atoms with E-state index in [0.29, 0.717) is 29.4 Å². The Morgan fingerprint density at radius 3 is 2.50 bits per heavy atom. The Hall–Kier alpha value is -3.40. The molecule has 0 radical (unpaired) electrons. The van der Waals surface area contributed by atoms with Gasteiger partial charge in [0.2, 0.25) is 17.2 Å². The predicted molar refractivity (Wildman–Crippen MR) is 114 cm³/mol. The van der Waals surface area contributed by atoms with Crippen LogP contribution in [0.5, 0.6) is 0 Å². The first-order chi connectivity index (χ1) is 13.6. The van der Waals surface area contributed by atoms with E-state index in [1.54, 1.807) is 6.07 Å². The van der Waals surface area contributed by atoms with Crippen molar-refractivity contribution in [2.75, 3.05) is 5.32 Å². The number of carbonyl (C=O) groups is 1. The Kier molecular flexibility index (Phi) is 4.70. The van der Waals surface area contributed by atoms with Gasteiger partial charge in [0.05, 0.1) is 10.9 Å². The molecule has 3 aromatic carbocycles. The molecule has 0 bridgehead atoms. The van der Waals surface area contributed by atoms with Gasteiger partial charge in [-0.15, -0.1) is 0 Å². The van der Waals surface area contributed by atoms with Gasteiger partial charge in [-0.3, -0.25) is 14.9 Å². The first-order valence-corrected chi connectivity index (χ1v) is 9.44. The van der Waals surface area contributed by atoms with E-state index in [-0.39, 0.29) is 17.2 Å². The van der Waals surface area contributed by atoms with E-state index in [4.69, 9.17) is 4.42 Å². The smallest absolute Gasteiger partial charge is 0.226 e. The molecule has 4 heteroatoms. The Morgan fingerprint density at radius 1 is 0.964 bits per heavy atom. The highest BCUT2D eigenvalue weighted by Crippen LogP contribution is 2.34. The molecule has 0 fully saturated rings. The molecule has 4 rings (SSSR count). The molecular formula is C24H21NO3. The fourth-order valence-corrected chi connectivity index (χ4v) is 3.55. The summed E-state index contributed by atoms with van der Waals surface area (Å²) in [6.45, 7) is 3.83. The SMILES string of the molecule is CCCC(=O)Nc1oc2c(C)cccc2c(=O)c1-c1cccc2ccccc12. The molecule has 1 N–H and O–H groups in total. The molecule has 1 heterocycles. The van der Waals surface area contributed by atoms with Crippen molar-refractivity contribution in [3.8, 4) is 11.1 Å². The first-order valence-electron chi connectivity index (χ1n) is 9.44. The van der Waals surface area contributed by atoms with Crippen LogP contribution >= 0.6 is 0 Å². The molecule has 0 saturated heterocycles. The largest absolute Gasteiger partial charge is 0.439 e. The number of amides is 1. The molecule has 0 unspecified atom stereocenters. The molecule has 0 atom stereocenters. The number of benzene rings is 3. The first kappa shape index (κ1) is 18.0. The van der Waals surface area contributed by atoms with Gasteiger partial charge in [-0.2, -0.15) is 0 Å². The standard InChI is InChI=1S/C24H21NO3/c1-3-8-20(26)25-24-21(18-13-7-11-16-10-4-5-12-17(16)18)22(27)19-14-6-9-15(2)23(19)28-24/h4-7,9-14H,3,8H2,1-2H3,(H,25,26). The summed E-state index contributed by atoms with van der Waals surface area (Å²) in [5, 5.41) is 5.30. The molecule has 0 spiro atoms. The number of hydrogen-bond acceptors (Lipinski definition) is 3. The lowest BCUT2D eigenvalue weighted by atomic mass is 9.97. The number of nitrogens with one attached hydrogen (secondary N) is 1. The minimum absolute atomic E-state index is 0.145. The second kappa shape index (κ2) is 7.31. The van der Waals surface area contributed by atoms with Crippen LogP contribution in [-0.4, -0.2) is 5.91 Å². The van der Waals surface area contributed by atoms with Gasteiger partial charge in [-0.05, 0) is 41.3 Å². The van der Waals surface area contributed by atoms with Gasteiger partial charge in [0.1, 0.15) is 5.58 Å². The summed E-state index contributed by atoms with van der Waals surface area (Å²) in [7, 11) is 0. The van der Waals surface area contributed by atoms with Crippen molar-refractivity contribution in [2.45, 2.75) is 26.7 Å². The van der Waals surface area contributed by atoms with Crippen LogP contribution in [0.4, 0.5) is 5.88 Å². The summed E-state index contributed by atoms with van der Waals surface area (Å²) in [5.74, 6) is 0.0432. The lowest BCUT2D eigenvalue weighted by molar-refractivity contribution is -0.116. The Bertz CT molecular complexity index is 1250. The second-order valence-corrected chi connectivity index (χ2v) is 6.91. The highest BCUT2D eigenvalue weighted by molar-refractivity contribution is 6.03. The Morgan fingerprint density at radius 2 is 1.68 bits per heavy atom. The van der Waals surface area contributed by atoms with E-state index in [2.05, 4.69) is 5.32 Å². The summed E-state index contributed by atoms with van der Waals surface area (Å²) in [5.41, 5.74) is 2.35. The number of aryl methyl sites for hydroxylation is 1. The molecule has 28 heavy (non-hydrogen) atoms. The van der Waals surface area contributed by atoms with Crippen molar-refractivity contribution in [1.29, 1.82) is 0 Å². The van der Waals surface area contributed by atoms with Crippen molar-refractivity contribution < 1.29 is 9.21 Å². The number of rotatable bonds is 4. The fourth-order valence-electron chi connectivity index (χ4n) is 3.55. The zero-order valence-electron chi connectivity index (χ0n) is 15.9. The van der Waals surface area contributed by atoms with Gasteiger partial charge in [0.25, 0.3) is 0 Å². The predicted octanol–water partition coefficient (Wildman–Crippen LogP) is 5.66. The average molecular weight is 371 g/mol. The highest BCUT2D eigenvalue weighted by Gasteiger charge is 2.20. The van der Waals surface area contributed by atoms with Crippen LogP contribution in [0.3, 0.4) is 0 Å². The lowest BCUT2D eigenvalue weighted by Gasteiger charge is -2.14. The zero-order valence-corrected chi connectivity index (χ0v) is 15.9. The van der Waals surface area contributed by atoms with Crippen LogP contribution in [0.15, 0.2) is 69.9 Å². The third-order valence-corrected chi connectivity index (χ3v) is 4.90. The number of hydrogen-bond donors (Lipinski definition) is 1. The molecule has 4 aromatic rings. The van der Waals surface area contributed by atoms with E-state index in [0.717, 1.165) is 21.9 Å². The normalized spacial score (nSPS) is 11.1. The topological polar surface area (TPSA) is 59.3 Å². The Balaban J connectivity index is 2.07. The monoisotopic (exact) mass is 371 g/mol. The van der Waals surface area contributed by atoms with Gasteiger partial charge in [-0.1, -0.05) is 61.5 Å². The third-order valence-electron chi connectivity index (χ3n) is 4.90. The minimum Gasteiger partial charge on any atom is -0.439 e.